The number of hydrogen-bond acceptors (Lipinski definition) is 8. The maximum atomic E-state index is 13.3. The number of fused-ring (bicyclic) bond motifs is 1. The summed E-state index contributed by atoms with van der Waals surface area (Å²) in [6, 6.07) is 1.60. The van der Waals surface area contributed by atoms with Gasteiger partial charge in [-0.15, -0.1) is 23.7 Å². The van der Waals surface area contributed by atoms with E-state index in [0.29, 0.717) is 48.0 Å². The van der Waals surface area contributed by atoms with E-state index in [0.717, 1.165) is 0 Å². The average Bonchev–Trinajstić information content (AvgIpc) is 3.59. The van der Waals surface area contributed by atoms with Crippen LogP contribution in [0.5, 0.6) is 0 Å². The minimum Gasteiger partial charge on any atom is -0.480 e. The first kappa shape index (κ1) is 30.1. The van der Waals surface area contributed by atoms with E-state index in [1.165, 1.54) is 11.3 Å². The second-order valence-corrected chi connectivity index (χ2v) is 10.3. The number of carbonyl (C=O) groups excluding carboxylic acids is 2. The highest BCUT2D eigenvalue weighted by molar-refractivity contribution is 7.09. The smallest absolute Gasteiger partial charge is 0.326 e. The number of nitrogens with zero attached hydrogens (tertiary/aromatic N) is 4. The maximum absolute atomic E-state index is 13.3. The third-order valence-corrected chi connectivity index (χ3v) is 7.28. The van der Waals surface area contributed by atoms with E-state index < -0.39 is 24.0 Å². The number of nitrogens with one attached hydrogen (secondary N) is 3. The number of likely N-dealkylation sites (tertiary alicyclic amines) is 1. The fraction of sp³-hybridized carbons (Fsp3) is 0.391. The van der Waals surface area contributed by atoms with Crippen molar-refractivity contribution in [3.8, 4) is 0 Å². The molecular formula is C23H29Cl2N9O4S. The van der Waals surface area contributed by atoms with Gasteiger partial charge in [-0.3, -0.25) is 15.0 Å². The van der Waals surface area contributed by atoms with Crippen LogP contribution in [0.25, 0.3) is 5.65 Å². The summed E-state index contributed by atoms with van der Waals surface area (Å²) < 4.78 is 1.67. The summed E-state index contributed by atoms with van der Waals surface area (Å²) in [4.78, 5) is 48.2. The van der Waals surface area contributed by atoms with Gasteiger partial charge in [0.1, 0.15) is 28.1 Å². The molecule has 210 valence electrons. The molecule has 0 unspecified atom stereocenters. The Balaban J connectivity index is 0.00000420. The molecule has 1 aliphatic rings. The Kier molecular flexibility index (Phi) is 10.1. The summed E-state index contributed by atoms with van der Waals surface area (Å²) in [6.45, 7) is 0.741. The molecule has 3 aromatic rings. The predicted molar refractivity (Wildman–Crippen MR) is 149 cm³/mol. The van der Waals surface area contributed by atoms with E-state index in [9.17, 15) is 19.5 Å². The van der Waals surface area contributed by atoms with Crippen molar-refractivity contribution in [2.24, 2.45) is 11.5 Å². The Hall–Kier alpha value is -3.46. The molecule has 0 saturated carbocycles. The van der Waals surface area contributed by atoms with Crippen molar-refractivity contribution in [1.29, 1.82) is 5.41 Å². The van der Waals surface area contributed by atoms with Crippen LogP contribution < -0.4 is 22.1 Å². The molecule has 4 rings (SSSR count). The zero-order valence-corrected chi connectivity index (χ0v) is 23.1. The second-order valence-electron chi connectivity index (χ2n) is 8.98. The van der Waals surface area contributed by atoms with Gasteiger partial charge in [0, 0.05) is 36.9 Å². The van der Waals surface area contributed by atoms with Gasteiger partial charge in [0.15, 0.2) is 5.96 Å². The summed E-state index contributed by atoms with van der Waals surface area (Å²) in [6.07, 6.45) is 5.03. The van der Waals surface area contributed by atoms with E-state index in [1.807, 2.05) is 0 Å². The van der Waals surface area contributed by atoms with Crippen molar-refractivity contribution in [1.82, 2.24) is 29.9 Å². The molecule has 16 heteroatoms. The molecule has 3 aromatic heterocycles. The van der Waals surface area contributed by atoms with Crippen LogP contribution in [0.4, 0.5) is 0 Å². The normalized spacial score (nSPS) is 17.4. The molecule has 8 N–H and O–H groups in total. The highest BCUT2D eigenvalue weighted by Gasteiger charge is 2.38. The number of unbranched alkanes of at least 4 members (excludes halogenated alkanes) is 1. The lowest BCUT2D eigenvalue weighted by molar-refractivity contribution is -0.139. The molecule has 1 aliphatic heterocycles. The Morgan fingerprint density at radius 1 is 1.23 bits per heavy atom. The van der Waals surface area contributed by atoms with Crippen LogP contribution in [0.3, 0.4) is 0 Å². The Morgan fingerprint density at radius 3 is 2.72 bits per heavy atom. The zero-order chi connectivity index (χ0) is 27.4. The number of amides is 2. The molecule has 1 fully saturated rings. The number of aliphatic carboxylic acids is 1. The first-order valence-electron chi connectivity index (χ1n) is 11.9. The summed E-state index contributed by atoms with van der Waals surface area (Å²) in [7, 11) is 0. The van der Waals surface area contributed by atoms with Crippen LogP contribution in [0, 0.1) is 5.41 Å². The minimum atomic E-state index is -1.15. The molecule has 4 heterocycles. The van der Waals surface area contributed by atoms with Crippen molar-refractivity contribution in [2.45, 2.75) is 43.8 Å². The molecule has 0 aromatic carbocycles. The number of guanidine groups is 1. The summed E-state index contributed by atoms with van der Waals surface area (Å²) >= 11 is 7.25. The molecule has 1 saturated heterocycles. The number of halogens is 2. The lowest BCUT2D eigenvalue weighted by atomic mass is 10.1. The van der Waals surface area contributed by atoms with E-state index in [2.05, 4.69) is 20.6 Å². The van der Waals surface area contributed by atoms with Gasteiger partial charge in [0.25, 0.3) is 11.8 Å². The highest BCUT2D eigenvalue weighted by Crippen LogP contribution is 2.34. The van der Waals surface area contributed by atoms with Gasteiger partial charge < -0.3 is 36.5 Å². The van der Waals surface area contributed by atoms with Crippen molar-refractivity contribution < 1.29 is 19.5 Å². The van der Waals surface area contributed by atoms with E-state index in [-0.39, 0.29) is 48.1 Å². The molecule has 0 spiro atoms. The second kappa shape index (κ2) is 13.1. The van der Waals surface area contributed by atoms with Gasteiger partial charge >= 0.3 is 5.97 Å². The minimum absolute atomic E-state index is 0. The summed E-state index contributed by atoms with van der Waals surface area (Å²) in [5.41, 5.74) is 12.3. The number of rotatable bonds is 10. The lowest BCUT2D eigenvalue weighted by Gasteiger charge is -2.21. The molecule has 3 atom stereocenters. The van der Waals surface area contributed by atoms with Gasteiger partial charge in [-0.25, -0.2) is 14.8 Å². The maximum Gasteiger partial charge on any atom is 0.326 e. The van der Waals surface area contributed by atoms with Crippen LogP contribution in [0.2, 0.25) is 5.02 Å². The Labute approximate surface area is 238 Å². The van der Waals surface area contributed by atoms with Crippen molar-refractivity contribution >= 4 is 64.7 Å². The van der Waals surface area contributed by atoms with E-state index in [1.54, 1.807) is 39.2 Å². The van der Waals surface area contributed by atoms with Crippen LogP contribution in [-0.4, -0.2) is 73.3 Å². The quantitative estimate of drug-likeness (QED) is 0.114. The fourth-order valence-electron chi connectivity index (χ4n) is 4.27. The average molecular weight is 599 g/mol. The molecule has 13 nitrogen and oxygen atoms in total. The number of carbonyl (C=O) groups is 3. The molecule has 2 amide bonds. The third kappa shape index (κ3) is 7.35. The zero-order valence-electron chi connectivity index (χ0n) is 20.7. The summed E-state index contributed by atoms with van der Waals surface area (Å²) in [5.74, 6) is -2.23. The van der Waals surface area contributed by atoms with Crippen LogP contribution in [0.1, 0.15) is 57.7 Å². The molecule has 0 radical (unpaired) electrons. The Morgan fingerprint density at radius 2 is 2.00 bits per heavy atom. The number of pyridine rings is 1. The van der Waals surface area contributed by atoms with Crippen LogP contribution >= 0.6 is 35.3 Å². The van der Waals surface area contributed by atoms with Crippen molar-refractivity contribution in [2.75, 3.05) is 13.1 Å². The number of carboxylic acid groups (broad SMARTS) is 1. The molecule has 39 heavy (non-hydrogen) atoms. The van der Waals surface area contributed by atoms with Crippen LogP contribution in [0.15, 0.2) is 29.9 Å². The van der Waals surface area contributed by atoms with Crippen molar-refractivity contribution in [3.05, 3.63) is 51.3 Å². The van der Waals surface area contributed by atoms with Gasteiger partial charge in [-0.2, -0.15) is 0 Å². The van der Waals surface area contributed by atoms with Gasteiger partial charge in [-0.05, 0) is 37.8 Å². The molecule has 0 aliphatic carbocycles. The van der Waals surface area contributed by atoms with Gasteiger partial charge in [0.2, 0.25) is 0 Å². The first-order valence-corrected chi connectivity index (χ1v) is 13.2. The monoisotopic (exact) mass is 597 g/mol. The number of carboxylic acids is 1. The van der Waals surface area contributed by atoms with Gasteiger partial charge in [0.05, 0.1) is 11.1 Å². The van der Waals surface area contributed by atoms with E-state index >= 15 is 0 Å². The predicted octanol–water partition coefficient (Wildman–Crippen LogP) is 1.62. The largest absolute Gasteiger partial charge is 0.480 e. The number of nitrogens with two attached hydrogens (primary N) is 2. The van der Waals surface area contributed by atoms with E-state index in [4.69, 9.17) is 28.5 Å². The topological polar surface area (TPSA) is 205 Å². The SMILES string of the molecule is Cl.N=C(N)NCCCC[C@H](NC(=O)c1csc([C@@H]2C[C@@H](N)CN2C(=O)c2cn3cc(Cl)ccc3n2)n1)C(=O)O. The van der Waals surface area contributed by atoms with Gasteiger partial charge in [-0.1, -0.05) is 11.6 Å². The highest BCUT2D eigenvalue weighted by atomic mass is 35.5. The first-order chi connectivity index (χ1) is 18.1. The number of imidazole rings is 1. The lowest BCUT2D eigenvalue weighted by Crippen LogP contribution is -2.41. The molecular weight excluding hydrogens is 569 g/mol. The number of hydrogen-bond donors (Lipinski definition) is 6. The number of thiazole rings is 1. The van der Waals surface area contributed by atoms with Crippen LogP contribution in [-0.2, 0) is 4.79 Å². The standard InChI is InChI=1S/C23H28ClN9O4S.ClH/c24-12-4-5-18-29-15(10-32(18)8-12)21(35)33-9-13(25)7-17(33)20-31-16(11-38-20)19(34)30-14(22(36)37)3-1-2-6-28-23(26)27;/h4-5,8,10-11,13-14,17H,1-3,6-7,9,25H2,(H,30,34)(H,36,37)(H4,26,27,28);1H/t13-,14+,17+;/m1./s1. The molecule has 0 bridgehead atoms. The fourth-order valence-corrected chi connectivity index (χ4v) is 5.36. The van der Waals surface area contributed by atoms with Crippen molar-refractivity contribution in [3.63, 3.8) is 0 Å². The number of aromatic nitrogens is 3. The Bertz CT molecular complexity index is 1360. The summed E-state index contributed by atoms with van der Waals surface area (Å²) in [5, 5.41) is 24.4. The third-order valence-electron chi connectivity index (χ3n) is 6.11.